The molecule has 0 amide bonds. The number of rotatable bonds is 1. The summed E-state index contributed by atoms with van der Waals surface area (Å²) >= 11 is 0. The van der Waals surface area contributed by atoms with Crippen molar-refractivity contribution in [1.29, 1.82) is 0 Å². The van der Waals surface area contributed by atoms with E-state index < -0.39 is 7.29 Å². The summed E-state index contributed by atoms with van der Waals surface area (Å²) in [5, 5.41) is 0. The lowest BCUT2D eigenvalue weighted by Gasteiger charge is -2.18. The lowest BCUT2D eigenvalue weighted by Crippen LogP contribution is -2.09. The maximum Gasteiger partial charge on any atom is 0.157 e. The quantitative estimate of drug-likeness (QED) is 0.410. The Hall–Kier alpha value is -0.0700. The molecule has 3 heteroatoms. The molecule has 0 radical (unpaired) electrons. The van der Waals surface area contributed by atoms with Crippen LogP contribution in [0.1, 0.15) is 0 Å². The van der Waals surface area contributed by atoms with Crippen LogP contribution in [0.2, 0.25) is 0 Å². The van der Waals surface area contributed by atoms with Gasteiger partial charge in [-0.3, -0.25) is 4.67 Å². The first-order valence-electron chi connectivity index (χ1n) is 3.06. The van der Waals surface area contributed by atoms with Crippen LogP contribution in [0, 0.1) is 0 Å². The highest BCUT2D eigenvalue weighted by Crippen LogP contribution is 2.50. The minimum absolute atomic E-state index is 0.764. The second kappa shape index (κ2) is 2.28. The van der Waals surface area contributed by atoms with Gasteiger partial charge in [0.2, 0.25) is 0 Å². The Morgan fingerprint density at radius 1 is 1.33 bits per heavy atom. The van der Waals surface area contributed by atoms with Crippen LogP contribution in [0.5, 0.6) is 0 Å². The van der Waals surface area contributed by atoms with Crippen LogP contribution in [-0.2, 0) is 4.57 Å². The first-order valence-corrected chi connectivity index (χ1v) is 5.09. The van der Waals surface area contributed by atoms with E-state index >= 15 is 0 Å². The van der Waals surface area contributed by atoms with Crippen LogP contribution in [0.3, 0.4) is 0 Å². The minimum atomic E-state index is -1.92. The van der Waals surface area contributed by atoms with Gasteiger partial charge >= 0.3 is 0 Å². The van der Waals surface area contributed by atoms with E-state index in [0.29, 0.717) is 0 Å². The normalized spacial score (nSPS) is 23.4. The van der Waals surface area contributed by atoms with Crippen molar-refractivity contribution in [3.8, 4) is 0 Å². The highest BCUT2D eigenvalue weighted by molar-refractivity contribution is 7.62. The number of nitrogens with zero attached hydrogens (tertiary/aromatic N) is 1. The van der Waals surface area contributed by atoms with E-state index in [0.717, 1.165) is 12.3 Å². The molecule has 0 saturated carbocycles. The molecule has 0 aromatic rings. The fourth-order valence-corrected chi connectivity index (χ4v) is 2.64. The van der Waals surface area contributed by atoms with Crippen LogP contribution < -0.4 is 0 Å². The standard InChI is InChI=1S/C6H12NOP/c1-7(2)9(8)5-3-4-6-9/h3-4H,5-6H2,1-2H3. The van der Waals surface area contributed by atoms with Gasteiger partial charge in [0.05, 0.1) is 0 Å². The van der Waals surface area contributed by atoms with Crippen LogP contribution in [0.25, 0.3) is 0 Å². The molecule has 1 aliphatic heterocycles. The van der Waals surface area contributed by atoms with Crippen molar-refractivity contribution >= 4 is 7.29 Å². The zero-order valence-corrected chi connectivity index (χ0v) is 6.77. The monoisotopic (exact) mass is 145 g/mol. The molecule has 0 unspecified atom stereocenters. The van der Waals surface area contributed by atoms with Crippen molar-refractivity contribution < 1.29 is 4.57 Å². The van der Waals surface area contributed by atoms with Crippen LogP contribution in [-0.4, -0.2) is 31.1 Å². The third-order valence-corrected chi connectivity index (χ3v) is 4.70. The molecule has 0 fully saturated rings. The molecule has 1 aliphatic rings. The summed E-state index contributed by atoms with van der Waals surface area (Å²) in [6.45, 7) is 0. The second-order valence-electron chi connectivity index (χ2n) is 2.53. The van der Waals surface area contributed by atoms with Gasteiger partial charge in [-0.25, -0.2) is 0 Å². The SMILES string of the molecule is CN(C)P1(=O)CC=CC1. The Labute approximate surface area is 56.0 Å². The molecule has 2 nitrogen and oxygen atoms in total. The molecule has 0 saturated heterocycles. The Bertz CT molecular complexity index is 162. The van der Waals surface area contributed by atoms with Crippen LogP contribution in [0.4, 0.5) is 0 Å². The molecule has 1 rings (SSSR count). The largest absolute Gasteiger partial charge is 0.306 e. The molecule has 52 valence electrons. The zero-order valence-electron chi connectivity index (χ0n) is 5.87. The van der Waals surface area contributed by atoms with Gasteiger partial charge in [0.1, 0.15) is 0 Å². The van der Waals surface area contributed by atoms with Gasteiger partial charge in [0, 0.05) is 12.3 Å². The first-order chi connectivity index (χ1) is 4.15. The average Bonchev–Trinajstić information content (AvgIpc) is 2.16. The highest BCUT2D eigenvalue weighted by Gasteiger charge is 2.24. The Kier molecular flexibility index (Phi) is 1.78. The van der Waals surface area contributed by atoms with E-state index in [2.05, 4.69) is 0 Å². The molecule has 0 N–H and O–H groups in total. The van der Waals surface area contributed by atoms with E-state index in [9.17, 15) is 4.57 Å². The van der Waals surface area contributed by atoms with Gasteiger partial charge in [-0.05, 0) is 14.1 Å². The van der Waals surface area contributed by atoms with Gasteiger partial charge in [0.15, 0.2) is 7.29 Å². The molecule has 0 aromatic heterocycles. The van der Waals surface area contributed by atoms with E-state index in [1.807, 2.05) is 30.9 Å². The third kappa shape index (κ3) is 1.25. The summed E-state index contributed by atoms with van der Waals surface area (Å²) in [4.78, 5) is 0. The minimum Gasteiger partial charge on any atom is -0.306 e. The summed E-state index contributed by atoms with van der Waals surface area (Å²) in [5.74, 6) is 0. The molecule has 0 bridgehead atoms. The Morgan fingerprint density at radius 2 is 1.78 bits per heavy atom. The molecular formula is C6H12NOP. The molecule has 0 atom stereocenters. The maximum atomic E-state index is 11.6. The van der Waals surface area contributed by atoms with Gasteiger partial charge < -0.3 is 4.57 Å². The van der Waals surface area contributed by atoms with Gasteiger partial charge in [-0.15, -0.1) is 0 Å². The fourth-order valence-electron chi connectivity index (χ4n) is 0.880. The number of hydrogen-bond donors (Lipinski definition) is 0. The summed E-state index contributed by atoms with van der Waals surface area (Å²) in [6.07, 6.45) is 5.53. The van der Waals surface area contributed by atoms with Crippen LogP contribution in [0.15, 0.2) is 12.2 Å². The Balaban J connectivity index is 2.67. The van der Waals surface area contributed by atoms with E-state index in [1.54, 1.807) is 0 Å². The second-order valence-corrected chi connectivity index (χ2v) is 5.75. The predicted molar refractivity (Wildman–Crippen MR) is 40.2 cm³/mol. The lowest BCUT2D eigenvalue weighted by molar-refractivity contribution is 0.521. The van der Waals surface area contributed by atoms with Crippen LogP contribution >= 0.6 is 7.29 Å². The topological polar surface area (TPSA) is 20.3 Å². The van der Waals surface area contributed by atoms with Crippen molar-refractivity contribution in [1.82, 2.24) is 4.67 Å². The summed E-state index contributed by atoms with van der Waals surface area (Å²) < 4.78 is 13.4. The molecule has 0 spiro atoms. The summed E-state index contributed by atoms with van der Waals surface area (Å²) in [5.41, 5.74) is 0. The average molecular weight is 145 g/mol. The Morgan fingerprint density at radius 3 is 2.00 bits per heavy atom. The van der Waals surface area contributed by atoms with E-state index in [1.165, 1.54) is 0 Å². The van der Waals surface area contributed by atoms with E-state index in [4.69, 9.17) is 0 Å². The smallest absolute Gasteiger partial charge is 0.157 e. The van der Waals surface area contributed by atoms with Crippen molar-refractivity contribution in [3.63, 3.8) is 0 Å². The zero-order chi connectivity index (χ0) is 6.91. The van der Waals surface area contributed by atoms with Crippen molar-refractivity contribution in [2.24, 2.45) is 0 Å². The third-order valence-electron chi connectivity index (χ3n) is 1.68. The predicted octanol–water partition coefficient (Wildman–Crippen LogP) is 1.40. The summed E-state index contributed by atoms with van der Waals surface area (Å²) in [7, 11) is 1.85. The van der Waals surface area contributed by atoms with Crippen molar-refractivity contribution in [2.75, 3.05) is 26.4 Å². The lowest BCUT2D eigenvalue weighted by atomic mass is 10.6. The van der Waals surface area contributed by atoms with Crippen molar-refractivity contribution in [3.05, 3.63) is 12.2 Å². The molecule has 1 heterocycles. The van der Waals surface area contributed by atoms with Gasteiger partial charge in [-0.1, -0.05) is 12.2 Å². The van der Waals surface area contributed by atoms with Crippen molar-refractivity contribution in [2.45, 2.75) is 0 Å². The number of allylic oxidation sites excluding steroid dienone is 2. The molecule has 0 aromatic carbocycles. The highest BCUT2D eigenvalue weighted by atomic mass is 31.2. The molecule has 0 aliphatic carbocycles. The first kappa shape index (κ1) is 7.04. The summed E-state index contributed by atoms with van der Waals surface area (Å²) in [6, 6.07) is 0. The van der Waals surface area contributed by atoms with Gasteiger partial charge in [-0.2, -0.15) is 0 Å². The number of hydrogen-bond acceptors (Lipinski definition) is 1. The molecule has 9 heavy (non-hydrogen) atoms. The van der Waals surface area contributed by atoms with Gasteiger partial charge in [0.25, 0.3) is 0 Å². The maximum absolute atomic E-state index is 11.6. The fraction of sp³-hybridized carbons (Fsp3) is 0.667. The molecular weight excluding hydrogens is 133 g/mol. The van der Waals surface area contributed by atoms with E-state index in [-0.39, 0.29) is 0 Å².